The van der Waals surface area contributed by atoms with E-state index in [9.17, 15) is 9.18 Å². The molecule has 4 rings (SSSR count). The standard InChI is InChI=1S/C27H24FIN2O4S/c1-3-33-20-11-9-19(10-12-20)30-27-31-26(32)24(36-27)15-17-13-22(29)25(23(14-17)34-4-2)35-16-18-7-5-6-8-21(18)28/h5-15H,3-4,16H2,1-2H3,(H,30,31,32)/b24-15+. The molecule has 0 atom stereocenters. The maximum absolute atomic E-state index is 14.0. The molecule has 0 unspecified atom stereocenters. The number of halogens is 2. The molecule has 1 saturated heterocycles. The summed E-state index contributed by atoms with van der Waals surface area (Å²) in [4.78, 5) is 17.6. The van der Waals surface area contributed by atoms with E-state index < -0.39 is 0 Å². The summed E-state index contributed by atoms with van der Waals surface area (Å²) in [6.07, 6.45) is 1.78. The van der Waals surface area contributed by atoms with Crippen LogP contribution in [0.5, 0.6) is 17.2 Å². The van der Waals surface area contributed by atoms with Crippen LogP contribution in [-0.2, 0) is 11.4 Å². The van der Waals surface area contributed by atoms with Crippen LogP contribution in [0.4, 0.5) is 10.1 Å². The maximum atomic E-state index is 14.0. The van der Waals surface area contributed by atoms with Gasteiger partial charge in [0.05, 0.1) is 27.4 Å². The van der Waals surface area contributed by atoms with Crippen LogP contribution in [0.2, 0.25) is 0 Å². The zero-order chi connectivity index (χ0) is 25.5. The minimum Gasteiger partial charge on any atom is -0.494 e. The number of carbonyl (C=O) groups excluding carboxylic acids is 1. The first kappa shape index (κ1) is 26.0. The lowest BCUT2D eigenvalue weighted by Crippen LogP contribution is -2.19. The van der Waals surface area contributed by atoms with E-state index in [-0.39, 0.29) is 18.3 Å². The summed E-state index contributed by atoms with van der Waals surface area (Å²) in [5.74, 6) is 1.28. The highest BCUT2D eigenvalue weighted by Crippen LogP contribution is 2.37. The quantitative estimate of drug-likeness (QED) is 0.214. The van der Waals surface area contributed by atoms with Crippen molar-refractivity contribution in [2.75, 3.05) is 13.2 Å². The summed E-state index contributed by atoms with van der Waals surface area (Å²) in [5.41, 5.74) is 1.95. The normalized spacial score (nSPS) is 15.3. The highest BCUT2D eigenvalue weighted by Gasteiger charge is 2.24. The number of amides is 1. The Morgan fingerprint density at radius 2 is 1.78 bits per heavy atom. The van der Waals surface area contributed by atoms with E-state index in [4.69, 9.17) is 14.2 Å². The lowest BCUT2D eigenvalue weighted by Gasteiger charge is -2.15. The van der Waals surface area contributed by atoms with Crippen LogP contribution >= 0.6 is 34.4 Å². The molecule has 0 aliphatic carbocycles. The van der Waals surface area contributed by atoms with Crippen molar-refractivity contribution in [3.05, 3.63) is 86.1 Å². The van der Waals surface area contributed by atoms with Crippen LogP contribution < -0.4 is 19.5 Å². The van der Waals surface area contributed by atoms with Gasteiger partial charge in [0.15, 0.2) is 16.7 Å². The summed E-state index contributed by atoms with van der Waals surface area (Å²) < 4.78 is 32.0. The highest BCUT2D eigenvalue weighted by molar-refractivity contribution is 14.1. The van der Waals surface area contributed by atoms with Crippen LogP contribution in [0, 0.1) is 9.39 Å². The molecule has 0 radical (unpaired) electrons. The third kappa shape index (κ3) is 6.58. The third-order valence-electron chi connectivity index (χ3n) is 4.99. The Balaban J connectivity index is 1.53. The fourth-order valence-electron chi connectivity index (χ4n) is 3.37. The van der Waals surface area contributed by atoms with E-state index in [1.807, 2.05) is 50.2 Å². The van der Waals surface area contributed by atoms with Crippen LogP contribution in [0.15, 0.2) is 70.6 Å². The number of carbonyl (C=O) groups is 1. The number of thioether (sulfide) groups is 1. The average Bonchev–Trinajstić information content (AvgIpc) is 3.19. The molecule has 9 heteroatoms. The van der Waals surface area contributed by atoms with Crippen LogP contribution in [0.1, 0.15) is 25.0 Å². The van der Waals surface area contributed by atoms with Gasteiger partial charge in [-0.15, -0.1) is 0 Å². The van der Waals surface area contributed by atoms with Gasteiger partial charge in [0.1, 0.15) is 18.2 Å². The monoisotopic (exact) mass is 618 g/mol. The number of rotatable bonds is 9. The number of benzene rings is 3. The number of hydrogen-bond acceptors (Lipinski definition) is 6. The van der Waals surface area contributed by atoms with E-state index in [0.29, 0.717) is 46.0 Å². The van der Waals surface area contributed by atoms with Gasteiger partial charge in [-0.3, -0.25) is 4.79 Å². The van der Waals surface area contributed by atoms with Gasteiger partial charge in [0.2, 0.25) is 0 Å². The molecule has 0 spiro atoms. The first-order valence-corrected chi connectivity index (χ1v) is 13.2. The van der Waals surface area contributed by atoms with Crippen molar-refractivity contribution in [3.8, 4) is 17.2 Å². The second-order valence-corrected chi connectivity index (χ2v) is 9.74. The fraction of sp³-hybridized carbons (Fsp3) is 0.185. The molecule has 0 saturated carbocycles. The predicted octanol–water partition coefficient (Wildman–Crippen LogP) is 6.70. The predicted molar refractivity (Wildman–Crippen MR) is 149 cm³/mol. The van der Waals surface area contributed by atoms with Crippen molar-refractivity contribution in [2.45, 2.75) is 20.5 Å². The minimum absolute atomic E-state index is 0.0762. The van der Waals surface area contributed by atoms with Crippen molar-refractivity contribution in [1.29, 1.82) is 0 Å². The van der Waals surface area contributed by atoms with E-state index in [1.165, 1.54) is 17.8 Å². The summed E-state index contributed by atoms with van der Waals surface area (Å²) in [5, 5.41) is 3.30. The summed E-state index contributed by atoms with van der Waals surface area (Å²) in [6, 6.07) is 17.6. The third-order valence-corrected chi connectivity index (χ3v) is 6.70. The Bertz CT molecular complexity index is 1310. The topological polar surface area (TPSA) is 69.2 Å². The number of hydrogen-bond donors (Lipinski definition) is 1. The number of ether oxygens (including phenoxy) is 3. The smallest absolute Gasteiger partial charge is 0.264 e. The van der Waals surface area contributed by atoms with Gasteiger partial charge in [0, 0.05) is 5.56 Å². The Labute approximate surface area is 227 Å². The number of nitrogens with one attached hydrogen (secondary N) is 1. The van der Waals surface area contributed by atoms with Crippen LogP contribution in [0.3, 0.4) is 0 Å². The van der Waals surface area contributed by atoms with Gasteiger partial charge in [-0.05, 0) is 102 Å². The zero-order valence-electron chi connectivity index (χ0n) is 19.7. The molecule has 3 aromatic carbocycles. The van der Waals surface area contributed by atoms with Crippen molar-refractivity contribution >= 4 is 57.2 Å². The van der Waals surface area contributed by atoms with E-state index in [0.717, 1.165) is 14.9 Å². The van der Waals surface area contributed by atoms with Crippen molar-refractivity contribution < 1.29 is 23.4 Å². The molecule has 1 aliphatic heterocycles. The Kier molecular flexibility index (Phi) is 8.87. The largest absolute Gasteiger partial charge is 0.494 e. The van der Waals surface area contributed by atoms with E-state index in [1.54, 1.807) is 24.3 Å². The van der Waals surface area contributed by atoms with Crippen molar-refractivity contribution in [2.24, 2.45) is 4.99 Å². The Morgan fingerprint density at radius 3 is 2.50 bits per heavy atom. The fourth-order valence-corrected chi connectivity index (χ4v) is 5.00. The van der Waals surface area contributed by atoms with Crippen molar-refractivity contribution in [1.82, 2.24) is 5.32 Å². The summed E-state index contributed by atoms with van der Waals surface area (Å²) >= 11 is 3.42. The minimum atomic E-state index is -0.321. The number of amidine groups is 1. The number of nitrogens with zero attached hydrogens (tertiary/aromatic N) is 1. The number of aliphatic imine (C=N–C) groups is 1. The first-order valence-electron chi connectivity index (χ1n) is 11.3. The molecule has 3 aromatic rings. The molecular weight excluding hydrogens is 594 g/mol. The maximum Gasteiger partial charge on any atom is 0.264 e. The second kappa shape index (κ2) is 12.3. The Hall–Kier alpha value is -3.05. The van der Waals surface area contributed by atoms with Crippen LogP contribution in [-0.4, -0.2) is 24.3 Å². The molecule has 1 aliphatic rings. The summed E-state index contributed by atoms with van der Waals surface area (Å²) in [7, 11) is 0. The highest BCUT2D eigenvalue weighted by atomic mass is 127. The second-order valence-electron chi connectivity index (χ2n) is 7.55. The lowest BCUT2D eigenvalue weighted by molar-refractivity contribution is -0.115. The molecule has 186 valence electrons. The molecule has 1 heterocycles. The van der Waals surface area contributed by atoms with Gasteiger partial charge in [-0.25, -0.2) is 9.38 Å². The van der Waals surface area contributed by atoms with Gasteiger partial charge in [0.25, 0.3) is 5.91 Å². The SMILES string of the molecule is CCOc1ccc(N=C2NC(=O)/C(=C\c3cc(I)c(OCc4ccccc4F)c(OCC)c3)S2)cc1. The van der Waals surface area contributed by atoms with Gasteiger partial charge < -0.3 is 19.5 Å². The first-order chi connectivity index (χ1) is 17.5. The van der Waals surface area contributed by atoms with Crippen molar-refractivity contribution in [3.63, 3.8) is 0 Å². The van der Waals surface area contributed by atoms with E-state index in [2.05, 4.69) is 32.9 Å². The zero-order valence-corrected chi connectivity index (χ0v) is 22.7. The molecule has 6 nitrogen and oxygen atoms in total. The van der Waals surface area contributed by atoms with Gasteiger partial charge in [-0.2, -0.15) is 0 Å². The molecule has 0 bridgehead atoms. The lowest BCUT2D eigenvalue weighted by atomic mass is 10.1. The molecule has 1 N–H and O–H groups in total. The molecule has 1 fully saturated rings. The molecule has 0 aromatic heterocycles. The summed E-state index contributed by atoms with van der Waals surface area (Å²) in [6.45, 7) is 4.91. The molecule has 36 heavy (non-hydrogen) atoms. The van der Waals surface area contributed by atoms with Gasteiger partial charge >= 0.3 is 0 Å². The average molecular weight is 618 g/mol. The van der Waals surface area contributed by atoms with Crippen LogP contribution in [0.25, 0.3) is 6.08 Å². The molecular formula is C27H24FIN2O4S. The van der Waals surface area contributed by atoms with E-state index >= 15 is 0 Å². The molecule has 1 amide bonds. The van der Waals surface area contributed by atoms with Gasteiger partial charge in [-0.1, -0.05) is 18.2 Å². The Morgan fingerprint density at radius 1 is 1.03 bits per heavy atom.